The predicted octanol–water partition coefficient (Wildman–Crippen LogP) is 6.39. The van der Waals surface area contributed by atoms with E-state index in [1.54, 1.807) is 12.1 Å². The molecule has 1 heterocycles. The minimum atomic E-state index is -4.67. The van der Waals surface area contributed by atoms with E-state index in [1.807, 2.05) is 6.07 Å². The highest BCUT2D eigenvalue weighted by atomic mass is 19.4. The van der Waals surface area contributed by atoms with Crippen LogP contribution in [0.25, 0.3) is 28.4 Å². The minimum absolute atomic E-state index is 0.117. The van der Waals surface area contributed by atoms with Gasteiger partial charge in [0, 0.05) is 11.3 Å². The van der Waals surface area contributed by atoms with Crippen LogP contribution in [0.4, 0.5) is 22.0 Å². The normalized spacial score (nSPS) is 12.2. The number of rotatable bonds is 3. The van der Waals surface area contributed by atoms with Crippen molar-refractivity contribution in [1.82, 2.24) is 9.55 Å². The number of benzene rings is 3. The van der Waals surface area contributed by atoms with E-state index in [0.29, 0.717) is 5.56 Å². The predicted molar refractivity (Wildman–Crippen MR) is 106 cm³/mol. The second-order valence-electron chi connectivity index (χ2n) is 6.62. The Morgan fingerprint density at radius 3 is 2.32 bits per heavy atom. The first-order valence-electron chi connectivity index (χ1n) is 9.01. The molecule has 0 fully saturated rings. The smallest absolute Gasteiger partial charge is 0.289 e. The molecule has 0 radical (unpaired) electrons. The summed E-state index contributed by atoms with van der Waals surface area (Å²) < 4.78 is 69.1. The molecule has 0 aliphatic rings. The van der Waals surface area contributed by atoms with Crippen LogP contribution >= 0.6 is 0 Å². The molecular weight excluding hydrogens is 413 g/mol. The van der Waals surface area contributed by atoms with Crippen molar-refractivity contribution in [2.45, 2.75) is 6.18 Å². The Bertz CT molecular complexity index is 1340. The van der Waals surface area contributed by atoms with Crippen LogP contribution in [-0.4, -0.2) is 9.55 Å². The zero-order chi connectivity index (χ0) is 22.2. The molecule has 3 nitrogen and oxygen atoms in total. The molecule has 0 aliphatic heterocycles. The summed E-state index contributed by atoms with van der Waals surface area (Å²) in [5, 5.41) is 9.36. The first-order valence-corrected chi connectivity index (χ1v) is 9.01. The third-order valence-corrected chi connectivity index (χ3v) is 4.64. The molecule has 4 aromatic rings. The summed E-state index contributed by atoms with van der Waals surface area (Å²) in [6.07, 6.45) is -3.33. The Morgan fingerprint density at radius 1 is 0.935 bits per heavy atom. The number of halogens is 5. The number of nitriles is 1. The Balaban J connectivity index is 1.79. The zero-order valence-corrected chi connectivity index (χ0v) is 15.7. The van der Waals surface area contributed by atoms with Crippen molar-refractivity contribution < 1.29 is 22.0 Å². The van der Waals surface area contributed by atoms with Gasteiger partial charge in [-0.2, -0.15) is 18.4 Å². The van der Waals surface area contributed by atoms with E-state index in [1.165, 1.54) is 54.6 Å². The average Bonchev–Trinajstić information content (AvgIpc) is 3.15. The highest BCUT2D eigenvalue weighted by Crippen LogP contribution is 2.34. The van der Waals surface area contributed by atoms with Crippen LogP contribution in [0.15, 0.2) is 66.7 Å². The van der Waals surface area contributed by atoms with E-state index in [9.17, 15) is 27.2 Å². The summed E-state index contributed by atoms with van der Waals surface area (Å²) in [5.41, 5.74) is 0.820. The van der Waals surface area contributed by atoms with Gasteiger partial charge in [0.25, 0.3) is 0 Å². The lowest BCUT2D eigenvalue weighted by Crippen LogP contribution is -2.13. The van der Waals surface area contributed by atoms with Gasteiger partial charge in [0.15, 0.2) is 11.6 Å². The SMILES string of the molecule is N#CC(=Cc1ccc(-n2c(C(F)(F)F)nc3ccccc32)cc1)c1cccc(F)c1F. The van der Waals surface area contributed by atoms with Crippen molar-refractivity contribution in [1.29, 1.82) is 5.26 Å². The average molecular weight is 425 g/mol. The van der Waals surface area contributed by atoms with Crippen LogP contribution in [0.3, 0.4) is 0 Å². The monoisotopic (exact) mass is 425 g/mol. The molecule has 0 saturated carbocycles. The molecule has 154 valence electrons. The van der Waals surface area contributed by atoms with Crippen LogP contribution in [-0.2, 0) is 6.18 Å². The maximum Gasteiger partial charge on any atom is 0.450 e. The lowest BCUT2D eigenvalue weighted by Gasteiger charge is -2.12. The van der Waals surface area contributed by atoms with Gasteiger partial charge in [-0.15, -0.1) is 0 Å². The molecule has 3 aromatic carbocycles. The fraction of sp³-hybridized carbons (Fsp3) is 0.0435. The third kappa shape index (κ3) is 3.78. The second-order valence-corrected chi connectivity index (χ2v) is 6.62. The summed E-state index contributed by atoms with van der Waals surface area (Å²) in [6, 6.07) is 17.4. The largest absolute Gasteiger partial charge is 0.450 e. The van der Waals surface area contributed by atoms with Gasteiger partial charge in [0.1, 0.15) is 0 Å². The van der Waals surface area contributed by atoms with Crippen molar-refractivity contribution >= 4 is 22.7 Å². The van der Waals surface area contributed by atoms with Crippen LogP contribution in [0.5, 0.6) is 0 Å². The quantitative estimate of drug-likeness (QED) is 0.217. The third-order valence-electron chi connectivity index (χ3n) is 4.64. The summed E-state index contributed by atoms with van der Waals surface area (Å²) in [7, 11) is 0. The fourth-order valence-corrected chi connectivity index (χ4v) is 3.25. The number of hydrogen-bond donors (Lipinski definition) is 0. The summed E-state index contributed by atoms with van der Waals surface area (Å²) in [4.78, 5) is 3.71. The van der Waals surface area contributed by atoms with E-state index in [4.69, 9.17) is 0 Å². The van der Waals surface area contributed by atoms with Crippen LogP contribution in [0.2, 0.25) is 0 Å². The van der Waals surface area contributed by atoms with E-state index in [2.05, 4.69) is 4.98 Å². The molecule has 0 atom stereocenters. The molecule has 8 heteroatoms. The van der Waals surface area contributed by atoms with E-state index in [-0.39, 0.29) is 27.9 Å². The number of nitrogens with zero attached hydrogens (tertiary/aromatic N) is 3. The van der Waals surface area contributed by atoms with Crippen LogP contribution in [0, 0.1) is 23.0 Å². The maximum absolute atomic E-state index is 14.0. The van der Waals surface area contributed by atoms with Crippen molar-refractivity contribution in [3.63, 3.8) is 0 Å². The summed E-state index contributed by atoms with van der Waals surface area (Å²) in [6.45, 7) is 0. The number of imidazole rings is 1. The standard InChI is InChI=1S/C23H12F5N3/c24-18-5-3-4-17(21(18)25)15(13-29)12-14-8-10-16(11-9-14)31-20-7-2-1-6-19(20)30-22(31)23(26,27)28/h1-12H. The Kier molecular flexibility index (Phi) is 5.03. The summed E-state index contributed by atoms with van der Waals surface area (Å²) >= 11 is 0. The molecule has 31 heavy (non-hydrogen) atoms. The minimum Gasteiger partial charge on any atom is -0.289 e. The van der Waals surface area contributed by atoms with Crippen molar-refractivity contribution in [3.05, 3.63) is 95.3 Å². The first kappa shape index (κ1) is 20.3. The number of fused-ring (bicyclic) bond motifs is 1. The molecule has 0 amide bonds. The van der Waals surface area contributed by atoms with Gasteiger partial charge in [0.2, 0.25) is 5.82 Å². The van der Waals surface area contributed by atoms with Crippen molar-refractivity contribution in [2.24, 2.45) is 0 Å². The maximum atomic E-state index is 14.0. The molecule has 1 aromatic heterocycles. The molecular formula is C23H12F5N3. The lowest BCUT2D eigenvalue weighted by molar-refractivity contribution is -0.145. The van der Waals surface area contributed by atoms with Crippen molar-refractivity contribution in [2.75, 3.05) is 0 Å². The van der Waals surface area contributed by atoms with E-state index >= 15 is 0 Å². The number of alkyl halides is 3. The van der Waals surface area contributed by atoms with Crippen LogP contribution < -0.4 is 0 Å². The van der Waals surface area contributed by atoms with Gasteiger partial charge >= 0.3 is 6.18 Å². The Morgan fingerprint density at radius 2 is 1.65 bits per heavy atom. The van der Waals surface area contributed by atoms with Gasteiger partial charge in [0.05, 0.1) is 22.7 Å². The molecule has 4 rings (SSSR count). The highest BCUT2D eigenvalue weighted by Gasteiger charge is 2.38. The Hall–Kier alpha value is -3.99. The van der Waals surface area contributed by atoms with Gasteiger partial charge in [-0.3, -0.25) is 4.57 Å². The van der Waals surface area contributed by atoms with E-state index in [0.717, 1.165) is 10.6 Å². The number of para-hydroxylation sites is 2. The summed E-state index contributed by atoms with van der Waals surface area (Å²) in [5.74, 6) is -3.29. The van der Waals surface area contributed by atoms with Gasteiger partial charge < -0.3 is 0 Å². The highest BCUT2D eigenvalue weighted by molar-refractivity contribution is 5.90. The molecule has 0 aliphatic carbocycles. The van der Waals surface area contributed by atoms with Gasteiger partial charge in [-0.1, -0.05) is 36.4 Å². The van der Waals surface area contributed by atoms with E-state index < -0.39 is 23.6 Å². The molecule has 0 bridgehead atoms. The van der Waals surface area contributed by atoms with Gasteiger partial charge in [-0.25, -0.2) is 13.8 Å². The first-order chi connectivity index (χ1) is 14.8. The number of allylic oxidation sites excluding steroid dienone is 1. The fourth-order valence-electron chi connectivity index (χ4n) is 3.25. The van der Waals surface area contributed by atoms with Gasteiger partial charge in [-0.05, 0) is 42.0 Å². The van der Waals surface area contributed by atoms with Crippen molar-refractivity contribution in [3.8, 4) is 11.8 Å². The zero-order valence-electron chi connectivity index (χ0n) is 15.7. The number of aromatic nitrogens is 2. The second kappa shape index (κ2) is 7.69. The molecule has 0 saturated heterocycles. The lowest BCUT2D eigenvalue weighted by atomic mass is 10.0. The van der Waals surface area contributed by atoms with Crippen LogP contribution in [0.1, 0.15) is 17.0 Å². The molecule has 0 spiro atoms. The molecule has 0 unspecified atom stereocenters. The topological polar surface area (TPSA) is 41.6 Å². The number of hydrogen-bond acceptors (Lipinski definition) is 2. The Labute approximate surface area is 173 Å². The molecule has 0 N–H and O–H groups in total.